The minimum Gasteiger partial charge on any atom is -0.299 e. The third-order valence-electron chi connectivity index (χ3n) is 4.54. The van der Waals surface area contributed by atoms with Crippen LogP contribution in [0, 0.1) is 17.3 Å². The lowest BCUT2D eigenvalue weighted by Crippen LogP contribution is -2.35. The molecule has 3 nitrogen and oxygen atoms in total. The minimum atomic E-state index is -1.11. The summed E-state index contributed by atoms with van der Waals surface area (Å²) >= 11 is 0. The first kappa shape index (κ1) is 19.9. The zero-order valence-electron chi connectivity index (χ0n) is 15.0. The zero-order chi connectivity index (χ0) is 17.9. The second-order valence-corrected chi connectivity index (χ2v) is 6.72. The largest absolute Gasteiger partial charge is 0.299 e. The smallest absolute Gasteiger partial charge is 0.178 e. The van der Waals surface area contributed by atoms with Crippen LogP contribution in [0.2, 0.25) is 0 Å². The molecule has 4 heteroatoms. The highest BCUT2D eigenvalue weighted by molar-refractivity contribution is 6.29. The number of hydrogen-bond acceptors (Lipinski definition) is 3. The summed E-state index contributed by atoms with van der Waals surface area (Å²) in [5.41, 5.74) is 0.923. The highest BCUT2D eigenvalue weighted by atomic mass is 35.5. The Morgan fingerprint density at radius 2 is 1.38 bits per heavy atom. The lowest BCUT2D eigenvalue weighted by atomic mass is 9.74. The van der Waals surface area contributed by atoms with Crippen molar-refractivity contribution in [2.45, 2.75) is 12.8 Å². The van der Waals surface area contributed by atoms with Gasteiger partial charge in [0.1, 0.15) is 5.41 Å². The first-order valence-corrected chi connectivity index (χ1v) is 8.37. The number of Topliss-reactive ketones (excluding diaryl/α,β-unsaturated/α-hetero) is 2. The van der Waals surface area contributed by atoms with Crippen LogP contribution in [0.4, 0.5) is 0 Å². The van der Waals surface area contributed by atoms with Crippen molar-refractivity contribution in [3.63, 3.8) is 0 Å². The molecule has 2 aromatic rings. The van der Waals surface area contributed by atoms with Crippen molar-refractivity contribution in [3.05, 3.63) is 71.3 Å². The quantitative estimate of drug-likeness (QED) is 0.611. The number of fused-ring (bicyclic) bond motifs is 1. The average Bonchev–Trinajstić information content (AvgIpc) is 2.82. The predicted octanol–water partition coefficient (Wildman–Crippen LogP) is 3.67. The van der Waals surface area contributed by atoms with Gasteiger partial charge in [-0.15, -0.1) is 18.3 Å². The molecule has 0 radical (unpaired) electrons. The summed E-state index contributed by atoms with van der Waals surface area (Å²) in [7, 11) is 3.88. The van der Waals surface area contributed by atoms with Gasteiger partial charge in [0.15, 0.2) is 11.6 Å². The van der Waals surface area contributed by atoms with Crippen molar-refractivity contribution in [1.29, 1.82) is 0 Å². The third kappa shape index (κ3) is 3.72. The molecule has 1 aliphatic carbocycles. The maximum absolute atomic E-state index is 13.2. The van der Waals surface area contributed by atoms with Gasteiger partial charge >= 0.3 is 0 Å². The van der Waals surface area contributed by atoms with E-state index in [1.165, 1.54) is 0 Å². The standard InChI is InChI=1S/C22H21NO2.ClH/c1-23(2)15-9-8-14-22(16-17-10-4-3-5-11-17)20(24)18-12-6-7-13-19(18)21(22)25;/h3-7,10-13H,14-16H2,1-2H3;1H. The number of benzene rings is 2. The molecule has 0 amide bonds. The maximum atomic E-state index is 13.2. The van der Waals surface area contributed by atoms with Crippen LogP contribution in [0.25, 0.3) is 0 Å². The molecule has 0 bridgehead atoms. The zero-order valence-corrected chi connectivity index (χ0v) is 15.8. The van der Waals surface area contributed by atoms with Gasteiger partial charge in [-0.25, -0.2) is 0 Å². The fourth-order valence-electron chi connectivity index (χ4n) is 3.25. The minimum absolute atomic E-state index is 0. The molecule has 0 atom stereocenters. The van der Waals surface area contributed by atoms with E-state index in [0.717, 1.165) is 5.56 Å². The van der Waals surface area contributed by atoms with Crippen LogP contribution in [0.15, 0.2) is 54.6 Å². The van der Waals surface area contributed by atoms with E-state index >= 15 is 0 Å². The van der Waals surface area contributed by atoms with Crippen molar-refractivity contribution < 1.29 is 9.59 Å². The summed E-state index contributed by atoms with van der Waals surface area (Å²) in [6.45, 7) is 0.608. The second kappa shape index (κ2) is 8.31. The fraction of sp³-hybridized carbons (Fsp3) is 0.273. The molecule has 0 heterocycles. The van der Waals surface area contributed by atoms with Gasteiger partial charge < -0.3 is 0 Å². The normalized spacial score (nSPS) is 14.4. The van der Waals surface area contributed by atoms with Crippen LogP contribution in [0.3, 0.4) is 0 Å². The highest BCUT2D eigenvalue weighted by Crippen LogP contribution is 2.42. The molecule has 0 spiro atoms. The predicted molar refractivity (Wildman–Crippen MR) is 106 cm³/mol. The van der Waals surface area contributed by atoms with Crippen molar-refractivity contribution in [1.82, 2.24) is 4.90 Å². The topological polar surface area (TPSA) is 37.4 Å². The van der Waals surface area contributed by atoms with Gasteiger partial charge in [0.05, 0.1) is 6.54 Å². The van der Waals surface area contributed by atoms with Crippen LogP contribution >= 0.6 is 12.4 Å². The molecule has 0 unspecified atom stereocenters. The van der Waals surface area contributed by atoms with E-state index < -0.39 is 5.41 Å². The molecule has 134 valence electrons. The molecular weight excluding hydrogens is 346 g/mol. The molecule has 0 aliphatic heterocycles. The van der Waals surface area contributed by atoms with E-state index in [4.69, 9.17) is 0 Å². The Labute approximate surface area is 160 Å². The Kier molecular flexibility index (Phi) is 6.37. The summed E-state index contributed by atoms with van der Waals surface area (Å²) in [6.07, 6.45) is 0.638. The third-order valence-corrected chi connectivity index (χ3v) is 4.54. The number of halogens is 1. The second-order valence-electron chi connectivity index (χ2n) is 6.72. The first-order chi connectivity index (χ1) is 12.0. The van der Waals surface area contributed by atoms with Gasteiger partial charge in [0.2, 0.25) is 0 Å². The molecule has 0 saturated carbocycles. The van der Waals surface area contributed by atoms with Gasteiger partial charge in [0.25, 0.3) is 0 Å². The van der Waals surface area contributed by atoms with Crippen LogP contribution in [0.1, 0.15) is 32.7 Å². The summed E-state index contributed by atoms with van der Waals surface area (Å²) in [4.78, 5) is 28.3. The van der Waals surface area contributed by atoms with Gasteiger partial charge in [-0.3, -0.25) is 14.5 Å². The van der Waals surface area contributed by atoms with E-state index in [-0.39, 0.29) is 30.4 Å². The van der Waals surface area contributed by atoms with Crippen LogP contribution in [-0.2, 0) is 6.42 Å². The Morgan fingerprint density at radius 1 is 0.846 bits per heavy atom. The number of ketones is 2. The molecule has 1 aliphatic rings. The number of hydrogen-bond donors (Lipinski definition) is 0. The summed E-state index contributed by atoms with van der Waals surface area (Å²) < 4.78 is 0. The SMILES string of the molecule is CN(C)CC#CCC1(Cc2ccccc2)C(=O)c2ccccc2C1=O.Cl. The summed E-state index contributed by atoms with van der Waals surface area (Å²) in [5.74, 6) is 5.94. The fourth-order valence-corrected chi connectivity index (χ4v) is 3.25. The van der Waals surface area contributed by atoms with Crippen LogP contribution in [-0.4, -0.2) is 37.1 Å². The number of nitrogens with zero attached hydrogens (tertiary/aromatic N) is 1. The van der Waals surface area contributed by atoms with E-state index in [0.29, 0.717) is 24.1 Å². The summed E-state index contributed by atoms with van der Waals surface area (Å²) in [6, 6.07) is 16.8. The molecule has 0 N–H and O–H groups in total. The van der Waals surface area contributed by atoms with Gasteiger partial charge in [-0.2, -0.15) is 0 Å². The molecule has 26 heavy (non-hydrogen) atoms. The van der Waals surface area contributed by atoms with E-state index in [9.17, 15) is 9.59 Å². The Balaban J connectivity index is 0.00000243. The highest BCUT2D eigenvalue weighted by Gasteiger charge is 2.52. The lowest BCUT2D eigenvalue weighted by molar-refractivity contribution is 0.0702. The molecule has 2 aromatic carbocycles. The van der Waals surface area contributed by atoms with Crippen molar-refractivity contribution in [3.8, 4) is 11.8 Å². The van der Waals surface area contributed by atoms with E-state index in [1.54, 1.807) is 24.3 Å². The molecule has 0 aromatic heterocycles. The lowest BCUT2D eigenvalue weighted by Gasteiger charge is -2.23. The first-order valence-electron chi connectivity index (χ1n) is 8.37. The number of carbonyl (C=O) groups is 2. The van der Waals surface area contributed by atoms with Gasteiger partial charge in [-0.05, 0) is 26.1 Å². The number of rotatable bonds is 4. The number of carbonyl (C=O) groups excluding carboxylic acids is 2. The van der Waals surface area contributed by atoms with E-state index in [2.05, 4.69) is 11.8 Å². The Hall–Kier alpha value is -2.41. The average molecular weight is 368 g/mol. The molecular formula is C22H22ClNO2. The molecule has 0 saturated heterocycles. The van der Waals surface area contributed by atoms with Crippen molar-refractivity contribution >= 4 is 24.0 Å². The van der Waals surface area contributed by atoms with Crippen molar-refractivity contribution in [2.24, 2.45) is 5.41 Å². The van der Waals surface area contributed by atoms with Crippen LogP contribution in [0.5, 0.6) is 0 Å². The van der Waals surface area contributed by atoms with E-state index in [1.807, 2.05) is 49.3 Å². The van der Waals surface area contributed by atoms with Crippen molar-refractivity contribution in [2.75, 3.05) is 20.6 Å². The van der Waals surface area contributed by atoms with Gasteiger partial charge in [-0.1, -0.05) is 60.5 Å². The Morgan fingerprint density at radius 3 is 1.92 bits per heavy atom. The monoisotopic (exact) mass is 367 g/mol. The molecule has 3 rings (SSSR count). The maximum Gasteiger partial charge on any atom is 0.178 e. The summed E-state index contributed by atoms with van der Waals surface area (Å²) in [5, 5.41) is 0. The molecule has 0 fully saturated rings. The van der Waals surface area contributed by atoms with Crippen LogP contribution < -0.4 is 0 Å². The Bertz CT molecular complexity index is 827. The van der Waals surface area contributed by atoms with Gasteiger partial charge in [0, 0.05) is 17.5 Å².